The second-order valence-electron chi connectivity index (χ2n) is 5.65. The SMILES string of the molecule is O=C(CC1CCCC1)N[C@@H](Cc1cccc(F)c1)C(=O)O. The normalized spacial score (nSPS) is 16.6. The van der Waals surface area contributed by atoms with Crippen molar-refractivity contribution in [2.45, 2.75) is 44.6 Å². The molecule has 1 aromatic carbocycles. The number of carboxylic acids is 1. The fraction of sp³-hybridized carbons (Fsp3) is 0.500. The number of carboxylic acid groups (broad SMARTS) is 1. The molecule has 0 aliphatic heterocycles. The van der Waals surface area contributed by atoms with Gasteiger partial charge in [0.2, 0.25) is 5.91 Å². The van der Waals surface area contributed by atoms with Gasteiger partial charge in [-0.3, -0.25) is 4.79 Å². The summed E-state index contributed by atoms with van der Waals surface area (Å²) in [5, 5.41) is 11.8. The molecule has 1 aliphatic rings. The minimum absolute atomic E-state index is 0.0868. The Labute approximate surface area is 123 Å². The van der Waals surface area contributed by atoms with Gasteiger partial charge in [0.05, 0.1) is 0 Å². The van der Waals surface area contributed by atoms with Gasteiger partial charge in [-0.05, 0) is 36.5 Å². The lowest BCUT2D eigenvalue weighted by molar-refractivity contribution is -0.141. The van der Waals surface area contributed by atoms with E-state index >= 15 is 0 Å². The van der Waals surface area contributed by atoms with Crippen LogP contribution in [0.15, 0.2) is 24.3 Å². The van der Waals surface area contributed by atoms with Crippen LogP contribution in [-0.2, 0) is 16.0 Å². The smallest absolute Gasteiger partial charge is 0.326 e. The van der Waals surface area contributed by atoms with Gasteiger partial charge in [-0.25, -0.2) is 9.18 Å². The van der Waals surface area contributed by atoms with E-state index in [-0.39, 0.29) is 12.3 Å². The Morgan fingerprint density at radius 3 is 2.67 bits per heavy atom. The van der Waals surface area contributed by atoms with E-state index in [1.54, 1.807) is 6.07 Å². The fourth-order valence-corrected chi connectivity index (χ4v) is 2.83. The fourth-order valence-electron chi connectivity index (χ4n) is 2.83. The molecule has 1 atom stereocenters. The van der Waals surface area contributed by atoms with Crippen LogP contribution in [0, 0.1) is 11.7 Å². The van der Waals surface area contributed by atoms with Gasteiger partial charge in [-0.2, -0.15) is 0 Å². The topological polar surface area (TPSA) is 66.4 Å². The molecule has 1 fully saturated rings. The number of benzene rings is 1. The third-order valence-electron chi connectivity index (χ3n) is 3.91. The summed E-state index contributed by atoms with van der Waals surface area (Å²) < 4.78 is 13.1. The van der Waals surface area contributed by atoms with E-state index < -0.39 is 17.8 Å². The first-order valence-corrected chi connectivity index (χ1v) is 7.31. The molecule has 0 bridgehead atoms. The number of carbonyl (C=O) groups is 2. The molecule has 2 rings (SSSR count). The van der Waals surface area contributed by atoms with Crippen LogP contribution in [0.25, 0.3) is 0 Å². The predicted octanol–water partition coefficient (Wildman–Crippen LogP) is 2.52. The van der Waals surface area contributed by atoms with Crippen LogP contribution in [0.4, 0.5) is 4.39 Å². The summed E-state index contributed by atoms with van der Waals surface area (Å²) in [7, 11) is 0. The zero-order valence-electron chi connectivity index (χ0n) is 11.8. The van der Waals surface area contributed by atoms with E-state index in [4.69, 9.17) is 0 Å². The Morgan fingerprint density at radius 1 is 1.33 bits per heavy atom. The quantitative estimate of drug-likeness (QED) is 0.847. The number of nitrogens with one attached hydrogen (secondary N) is 1. The van der Waals surface area contributed by atoms with Crippen molar-refractivity contribution in [3.8, 4) is 0 Å². The van der Waals surface area contributed by atoms with Crippen molar-refractivity contribution < 1.29 is 19.1 Å². The zero-order valence-corrected chi connectivity index (χ0v) is 11.8. The second kappa shape index (κ2) is 7.20. The van der Waals surface area contributed by atoms with Crippen molar-refractivity contribution >= 4 is 11.9 Å². The van der Waals surface area contributed by atoms with Crippen molar-refractivity contribution in [3.63, 3.8) is 0 Å². The number of hydrogen-bond acceptors (Lipinski definition) is 2. The lowest BCUT2D eigenvalue weighted by Gasteiger charge is -2.16. The number of hydrogen-bond donors (Lipinski definition) is 2. The maximum Gasteiger partial charge on any atom is 0.326 e. The van der Waals surface area contributed by atoms with Gasteiger partial charge in [0.1, 0.15) is 11.9 Å². The van der Waals surface area contributed by atoms with Crippen LogP contribution >= 0.6 is 0 Å². The molecule has 0 heterocycles. The molecular weight excluding hydrogens is 273 g/mol. The summed E-state index contributed by atoms with van der Waals surface area (Å²) in [6, 6.07) is 4.77. The van der Waals surface area contributed by atoms with Crippen molar-refractivity contribution in [2.75, 3.05) is 0 Å². The number of amides is 1. The molecular formula is C16H20FNO3. The first kappa shape index (κ1) is 15.5. The molecule has 114 valence electrons. The molecule has 1 aliphatic carbocycles. The molecule has 0 unspecified atom stereocenters. The summed E-state index contributed by atoms with van der Waals surface area (Å²) in [5.41, 5.74) is 0.559. The van der Waals surface area contributed by atoms with Crippen LogP contribution in [0.2, 0.25) is 0 Å². The van der Waals surface area contributed by atoms with E-state index in [9.17, 15) is 19.1 Å². The highest BCUT2D eigenvalue weighted by Crippen LogP contribution is 2.27. The molecule has 0 aromatic heterocycles. The Balaban J connectivity index is 1.92. The minimum Gasteiger partial charge on any atom is -0.480 e. The maximum absolute atomic E-state index is 13.1. The van der Waals surface area contributed by atoms with Crippen LogP contribution < -0.4 is 5.32 Å². The lowest BCUT2D eigenvalue weighted by Crippen LogP contribution is -2.42. The standard InChI is InChI=1S/C16H20FNO3/c17-13-7-3-6-12(8-13)9-14(16(20)21)18-15(19)10-11-4-1-2-5-11/h3,6-8,11,14H,1-2,4-5,9-10H2,(H,18,19)(H,20,21)/t14-/m0/s1. The molecule has 5 heteroatoms. The van der Waals surface area contributed by atoms with Gasteiger partial charge in [-0.15, -0.1) is 0 Å². The second-order valence-corrected chi connectivity index (χ2v) is 5.65. The minimum atomic E-state index is -1.10. The number of halogens is 1. The summed E-state index contributed by atoms with van der Waals surface area (Å²) in [6.45, 7) is 0. The van der Waals surface area contributed by atoms with Gasteiger partial charge in [-0.1, -0.05) is 25.0 Å². The van der Waals surface area contributed by atoms with E-state index in [0.717, 1.165) is 25.7 Å². The zero-order chi connectivity index (χ0) is 15.2. The van der Waals surface area contributed by atoms with Crippen LogP contribution in [0.1, 0.15) is 37.7 Å². The van der Waals surface area contributed by atoms with Gasteiger partial charge >= 0.3 is 5.97 Å². The third-order valence-corrected chi connectivity index (χ3v) is 3.91. The number of rotatable bonds is 6. The lowest BCUT2D eigenvalue weighted by atomic mass is 10.0. The molecule has 0 radical (unpaired) electrons. The maximum atomic E-state index is 13.1. The third kappa shape index (κ3) is 4.85. The molecule has 21 heavy (non-hydrogen) atoms. The van der Waals surface area contributed by atoms with Crippen LogP contribution in [0.3, 0.4) is 0 Å². The highest BCUT2D eigenvalue weighted by atomic mass is 19.1. The molecule has 1 amide bonds. The van der Waals surface area contributed by atoms with E-state index in [1.165, 1.54) is 18.2 Å². The largest absolute Gasteiger partial charge is 0.480 e. The predicted molar refractivity (Wildman–Crippen MR) is 76.2 cm³/mol. The summed E-state index contributed by atoms with van der Waals surface area (Å²) in [5.74, 6) is -1.37. The van der Waals surface area contributed by atoms with Gasteiger partial charge < -0.3 is 10.4 Å². The number of aliphatic carboxylic acids is 1. The van der Waals surface area contributed by atoms with Crippen molar-refractivity contribution in [2.24, 2.45) is 5.92 Å². The summed E-state index contributed by atoms with van der Waals surface area (Å²) >= 11 is 0. The molecule has 1 aromatic rings. The highest BCUT2D eigenvalue weighted by Gasteiger charge is 2.23. The Hall–Kier alpha value is -1.91. The molecule has 0 saturated heterocycles. The summed E-state index contributed by atoms with van der Waals surface area (Å²) in [4.78, 5) is 23.2. The highest BCUT2D eigenvalue weighted by molar-refractivity contribution is 5.83. The van der Waals surface area contributed by atoms with Crippen LogP contribution in [-0.4, -0.2) is 23.0 Å². The average molecular weight is 293 g/mol. The van der Waals surface area contributed by atoms with E-state index in [1.807, 2.05) is 0 Å². The molecule has 1 saturated carbocycles. The average Bonchev–Trinajstić information content (AvgIpc) is 2.90. The van der Waals surface area contributed by atoms with Gasteiger partial charge in [0.25, 0.3) is 0 Å². The summed E-state index contributed by atoms with van der Waals surface area (Å²) in [6.07, 6.45) is 4.83. The van der Waals surface area contributed by atoms with Crippen molar-refractivity contribution in [1.29, 1.82) is 0 Å². The Morgan fingerprint density at radius 2 is 2.05 bits per heavy atom. The first-order chi connectivity index (χ1) is 10.0. The van der Waals surface area contributed by atoms with Crippen molar-refractivity contribution in [3.05, 3.63) is 35.6 Å². The molecule has 4 nitrogen and oxygen atoms in total. The van der Waals surface area contributed by atoms with Crippen molar-refractivity contribution in [1.82, 2.24) is 5.32 Å². The number of carbonyl (C=O) groups excluding carboxylic acids is 1. The monoisotopic (exact) mass is 293 g/mol. The van der Waals surface area contributed by atoms with Gasteiger partial charge in [0, 0.05) is 12.8 Å². The van der Waals surface area contributed by atoms with Crippen LogP contribution in [0.5, 0.6) is 0 Å². The molecule has 0 spiro atoms. The Bertz CT molecular complexity index is 512. The van der Waals surface area contributed by atoms with E-state index in [2.05, 4.69) is 5.32 Å². The van der Waals surface area contributed by atoms with E-state index in [0.29, 0.717) is 17.9 Å². The molecule has 2 N–H and O–H groups in total. The Kier molecular flexibility index (Phi) is 5.31. The first-order valence-electron chi connectivity index (χ1n) is 7.31. The van der Waals surface area contributed by atoms with Gasteiger partial charge in [0.15, 0.2) is 0 Å².